The molecule has 1 aromatic carbocycles. The fourth-order valence-corrected chi connectivity index (χ4v) is 3.70. The molecule has 0 fully saturated rings. The van der Waals surface area contributed by atoms with Gasteiger partial charge in [-0.1, -0.05) is 47.8 Å². The van der Waals surface area contributed by atoms with Crippen molar-refractivity contribution in [2.24, 2.45) is 0 Å². The summed E-state index contributed by atoms with van der Waals surface area (Å²) in [4.78, 5) is 1.12. The topological polar surface area (TPSA) is 12.0 Å². The SMILES string of the molecule is CCCNC(c1ccc(Cl)c(Cl)c1)c1scc(C)c1Cl. The van der Waals surface area contributed by atoms with Crippen LogP contribution in [0.2, 0.25) is 15.1 Å². The molecule has 1 heterocycles. The van der Waals surface area contributed by atoms with Gasteiger partial charge in [-0.3, -0.25) is 0 Å². The summed E-state index contributed by atoms with van der Waals surface area (Å²) < 4.78 is 0. The maximum atomic E-state index is 6.41. The van der Waals surface area contributed by atoms with Crippen LogP contribution in [-0.4, -0.2) is 6.54 Å². The van der Waals surface area contributed by atoms with E-state index in [0.717, 1.165) is 34.0 Å². The molecule has 2 rings (SSSR count). The van der Waals surface area contributed by atoms with E-state index in [-0.39, 0.29) is 6.04 Å². The number of thiophene rings is 1. The average molecular weight is 349 g/mol. The summed E-state index contributed by atoms with van der Waals surface area (Å²) in [7, 11) is 0. The van der Waals surface area contributed by atoms with Gasteiger partial charge in [0.1, 0.15) is 0 Å². The van der Waals surface area contributed by atoms with Crippen LogP contribution in [0.5, 0.6) is 0 Å². The lowest BCUT2D eigenvalue weighted by atomic mass is 10.0. The van der Waals surface area contributed by atoms with Crippen LogP contribution in [0.3, 0.4) is 0 Å². The first-order valence-corrected chi connectivity index (χ1v) is 8.47. The third kappa shape index (κ3) is 3.49. The maximum Gasteiger partial charge on any atom is 0.0686 e. The van der Waals surface area contributed by atoms with Gasteiger partial charge in [0.15, 0.2) is 0 Å². The van der Waals surface area contributed by atoms with Crippen LogP contribution in [-0.2, 0) is 0 Å². The van der Waals surface area contributed by atoms with Crippen LogP contribution >= 0.6 is 46.1 Å². The molecule has 0 saturated heterocycles. The van der Waals surface area contributed by atoms with Gasteiger partial charge in [-0.15, -0.1) is 11.3 Å². The molecule has 108 valence electrons. The number of hydrogen-bond acceptors (Lipinski definition) is 2. The highest BCUT2D eigenvalue weighted by atomic mass is 35.5. The van der Waals surface area contributed by atoms with E-state index in [9.17, 15) is 0 Å². The van der Waals surface area contributed by atoms with Crippen LogP contribution < -0.4 is 5.32 Å². The summed E-state index contributed by atoms with van der Waals surface area (Å²) >= 11 is 20.2. The quantitative estimate of drug-likeness (QED) is 0.687. The van der Waals surface area contributed by atoms with Crippen molar-refractivity contribution in [3.05, 3.63) is 54.7 Å². The van der Waals surface area contributed by atoms with Crippen molar-refractivity contribution in [2.45, 2.75) is 26.3 Å². The van der Waals surface area contributed by atoms with Gasteiger partial charge in [-0.25, -0.2) is 0 Å². The van der Waals surface area contributed by atoms with Gasteiger partial charge >= 0.3 is 0 Å². The molecule has 0 bridgehead atoms. The second kappa shape index (κ2) is 7.15. The molecule has 1 aromatic heterocycles. The Morgan fingerprint density at radius 1 is 1.20 bits per heavy atom. The van der Waals surface area contributed by atoms with Crippen molar-refractivity contribution in [3.63, 3.8) is 0 Å². The molecule has 0 aliphatic heterocycles. The molecule has 1 atom stereocenters. The fourth-order valence-electron chi connectivity index (χ4n) is 1.99. The zero-order valence-electron chi connectivity index (χ0n) is 11.3. The first-order valence-electron chi connectivity index (χ1n) is 6.46. The van der Waals surface area contributed by atoms with Gasteiger partial charge in [0.25, 0.3) is 0 Å². The van der Waals surface area contributed by atoms with E-state index in [1.807, 2.05) is 25.1 Å². The Balaban J connectivity index is 2.41. The van der Waals surface area contributed by atoms with Crippen LogP contribution in [0.1, 0.15) is 35.4 Å². The van der Waals surface area contributed by atoms with E-state index in [4.69, 9.17) is 34.8 Å². The zero-order valence-corrected chi connectivity index (χ0v) is 14.4. The van der Waals surface area contributed by atoms with E-state index in [0.29, 0.717) is 10.0 Å². The van der Waals surface area contributed by atoms with Gasteiger partial charge in [-0.2, -0.15) is 0 Å². The molecule has 0 spiro atoms. The molecular formula is C15H16Cl3NS. The highest BCUT2D eigenvalue weighted by molar-refractivity contribution is 7.10. The van der Waals surface area contributed by atoms with Crippen molar-refractivity contribution in [2.75, 3.05) is 6.54 Å². The summed E-state index contributed by atoms with van der Waals surface area (Å²) in [5, 5.41) is 7.57. The van der Waals surface area contributed by atoms with E-state index in [1.54, 1.807) is 11.3 Å². The Labute approximate surface area is 138 Å². The first-order chi connectivity index (χ1) is 9.54. The number of halogens is 3. The highest BCUT2D eigenvalue weighted by Gasteiger charge is 2.20. The number of rotatable bonds is 5. The zero-order chi connectivity index (χ0) is 14.7. The minimum Gasteiger partial charge on any atom is -0.306 e. The molecule has 0 amide bonds. The molecule has 1 unspecified atom stereocenters. The fraction of sp³-hybridized carbons (Fsp3) is 0.333. The highest BCUT2D eigenvalue weighted by Crippen LogP contribution is 2.37. The van der Waals surface area contributed by atoms with Gasteiger partial charge in [0, 0.05) is 4.88 Å². The lowest BCUT2D eigenvalue weighted by Gasteiger charge is -2.19. The summed E-state index contributed by atoms with van der Waals surface area (Å²) in [5.74, 6) is 0. The monoisotopic (exact) mass is 347 g/mol. The van der Waals surface area contributed by atoms with E-state index in [1.165, 1.54) is 0 Å². The van der Waals surface area contributed by atoms with Crippen LogP contribution in [0.25, 0.3) is 0 Å². The third-order valence-electron chi connectivity index (χ3n) is 3.06. The Hall–Kier alpha value is -0.250. The molecule has 0 aliphatic rings. The van der Waals surface area contributed by atoms with E-state index < -0.39 is 0 Å². The normalized spacial score (nSPS) is 12.7. The minimum absolute atomic E-state index is 0.0518. The number of hydrogen-bond donors (Lipinski definition) is 1. The molecule has 0 radical (unpaired) electrons. The molecule has 0 saturated carbocycles. The lowest BCUT2D eigenvalue weighted by Crippen LogP contribution is -2.22. The summed E-state index contributed by atoms with van der Waals surface area (Å²) in [6.45, 7) is 5.08. The van der Waals surface area contributed by atoms with Gasteiger partial charge in [0.2, 0.25) is 0 Å². The second-order valence-corrected chi connectivity index (χ2v) is 6.76. The van der Waals surface area contributed by atoms with Crippen molar-refractivity contribution in [1.82, 2.24) is 5.32 Å². The van der Waals surface area contributed by atoms with E-state index >= 15 is 0 Å². The number of aryl methyl sites for hydroxylation is 1. The Morgan fingerprint density at radius 3 is 2.50 bits per heavy atom. The van der Waals surface area contributed by atoms with Crippen molar-refractivity contribution in [3.8, 4) is 0 Å². The lowest BCUT2D eigenvalue weighted by molar-refractivity contribution is 0.606. The third-order valence-corrected chi connectivity index (χ3v) is 5.58. The van der Waals surface area contributed by atoms with Gasteiger partial charge in [0.05, 0.1) is 21.1 Å². The molecule has 2 aromatic rings. The smallest absolute Gasteiger partial charge is 0.0686 e. The average Bonchev–Trinajstić information content (AvgIpc) is 2.75. The molecule has 5 heteroatoms. The molecule has 0 aliphatic carbocycles. The summed E-state index contributed by atoms with van der Waals surface area (Å²) in [6, 6.07) is 5.78. The molecule has 1 nitrogen and oxygen atoms in total. The Bertz CT molecular complexity index is 595. The van der Waals surface area contributed by atoms with Crippen molar-refractivity contribution >= 4 is 46.1 Å². The van der Waals surface area contributed by atoms with Crippen LogP contribution in [0, 0.1) is 6.92 Å². The summed E-state index contributed by atoms with van der Waals surface area (Å²) in [6.07, 6.45) is 1.06. The Morgan fingerprint density at radius 2 is 1.95 bits per heavy atom. The van der Waals surface area contributed by atoms with Gasteiger partial charge < -0.3 is 5.32 Å². The predicted octanol–water partition coefficient (Wildman–Crippen LogP) is 6.11. The van der Waals surface area contributed by atoms with Crippen molar-refractivity contribution in [1.29, 1.82) is 0 Å². The van der Waals surface area contributed by atoms with E-state index in [2.05, 4.69) is 17.6 Å². The van der Waals surface area contributed by atoms with Gasteiger partial charge in [-0.05, 0) is 48.5 Å². The van der Waals surface area contributed by atoms with Crippen LogP contribution in [0.15, 0.2) is 23.6 Å². The minimum atomic E-state index is 0.0518. The van der Waals surface area contributed by atoms with Crippen LogP contribution in [0.4, 0.5) is 0 Å². The predicted molar refractivity (Wildman–Crippen MR) is 90.7 cm³/mol. The molecule has 20 heavy (non-hydrogen) atoms. The maximum absolute atomic E-state index is 6.41. The summed E-state index contributed by atoms with van der Waals surface area (Å²) in [5.41, 5.74) is 2.19. The largest absolute Gasteiger partial charge is 0.306 e. The standard InChI is InChI=1S/C15H16Cl3NS/c1-3-6-19-14(15-13(18)9(2)8-20-15)10-4-5-11(16)12(17)7-10/h4-5,7-8,14,19H,3,6H2,1-2H3. The number of benzene rings is 1. The number of nitrogens with one attached hydrogen (secondary N) is 1. The van der Waals surface area contributed by atoms with Crippen molar-refractivity contribution < 1.29 is 0 Å². The molecule has 1 N–H and O–H groups in total. The molecular weight excluding hydrogens is 333 g/mol. The first kappa shape index (κ1) is 16.1. The second-order valence-electron chi connectivity index (χ2n) is 4.66. The Kier molecular flexibility index (Phi) is 5.76.